The molecule has 0 aromatic heterocycles. The van der Waals surface area contributed by atoms with Gasteiger partial charge in [-0.3, -0.25) is 4.99 Å². The van der Waals surface area contributed by atoms with Crippen LogP contribution in [0.15, 0.2) is 29.3 Å². The lowest BCUT2D eigenvalue weighted by atomic mass is 9.73. The van der Waals surface area contributed by atoms with E-state index in [2.05, 4.69) is 41.1 Å². The van der Waals surface area contributed by atoms with E-state index in [1.54, 1.807) is 7.11 Å². The SMILES string of the molecule is COC1CC2(CN=C(N)N2c2ccc(C)cc2)C1. The van der Waals surface area contributed by atoms with E-state index < -0.39 is 0 Å². The van der Waals surface area contributed by atoms with Crippen molar-refractivity contribution in [2.75, 3.05) is 18.6 Å². The molecule has 1 aliphatic heterocycles. The monoisotopic (exact) mass is 245 g/mol. The molecule has 3 rings (SSSR count). The van der Waals surface area contributed by atoms with E-state index in [-0.39, 0.29) is 5.54 Å². The Kier molecular flexibility index (Phi) is 2.55. The molecule has 4 heteroatoms. The number of guanidine groups is 1. The van der Waals surface area contributed by atoms with Crippen LogP contribution in [0.1, 0.15) is 18.4 Å². The molecule has 0 unspecified atom stereocenters. The molecular weight excluding hydrogens is 226 g/mol. The number of nitrogens with two attached hydrogens (primary N) is 1. The molecule has 96 valence electrons. The first-order chi connectivity index (χ1) is 8.64. The number of hydrogen-bond donors (Lipinski definition) is 1. The molecule has 2 N–H and O–H groups in total. The molecule has 2 aliphatic rings. The molecular formula is C14H19N3O. The Balaban J connectivity index is 1.89. The van der Waals surface area contributed by atoms with Crippen molar-refractivity contribution in [2.24, 2.45) is 10.7 Å². The number of anilines is 1. The zero-order valence-corrected chi connectivity index (χ0v) is 10.9. The highest BCUT2D eigenvalue weighted by Gasteiger charge is 2.52. The van der Waals surface area contributed by atoms with E-state index in [1.807, 2.05) is 0 Å². The molecule has 0 amide bonds. The van der Waals surface area contributed by atoms with E-state index in [0.717, 1.165) is 25.1 Å². The third-order valence-electron chi connectivity index (χ3n) is 4.08. The largest absolute Gasteiger partial charge is 0.381 e. The first-order valence-corrected chi connectivity index (χ1v) is 6.34. The summed E-state index contributed by atoms with van der Waals surface area (Å²) in [5, 5.41) is 0. The maximum atomic E-state index is 6.06. The van der Waals surface area contributed by atoms with Gasteiger partial charge in [0.2, 0.25) is 0 Å². The molecule has 1 aromatic rings. The van der Waals surface area contributed by atoms with Crippen molar-refractivity contribution in [1.29, 1.82) is 0 Å². The molecule has 1 aliphatic carbocycles. The molecule has 18 heavy (non-hydrogen) atoms. The van der Waals surface area contributed by atoms with Crippen LogP contribution in [0.5, 0.6) is 0 Å². The van der Waals surface area contributed by atoms with Gasteiger partial charge in [0.05, 0.1) is 18.2 Å². The predicted octanol–water partition coefficient (Wildman–Crippen LogP) is 1.68. The molecule has 1 heterocycles. The van der Waals surface area contributed by atoms with Gasteiger partial charge in [-0.1, -0.05) is 17.7 Å². The Bertz CT molecular complexity index is 474. The van der Waals surface area contributed by atoms with Crippen LogP contribution in [0.2, 0.25) is 0 Å². The van der Waals surface area contributed by atoms with Crippen molar-refractivity contribution in [3.05, 3.63) is 29.8 Å². The van der Waals surface area contributed by atoms with Gasteiger partial charge in [-0.25, -0.2) is 0 Å². The number of methoxy groups -OCH3 is 1. The van der Waals surface area contributed by atoms with Crippen LogP contribution in [0.3, 0.4) is 0 Å². The molecule has 0 radical (unpaired) electrons. The third-order valence-corrected chi connectivity index (χ3v) is 4.08. The fraction of sp³-hybridized carbons (Fsp3) is 0.500. The zero-order valence-electron chi connectivity index (χ0n) is 10.9. The summed E-state index contributed by atoms with van der Waals surface area (Å²) in [4.78, 5) is 6.61. The highest BCUT2D eigenvalue weighted by atomic mass is 16.5. The van der Waals surface area contributed by atoms with Crippen LogP contribution in [0.4, 0.5) is 5.69 Å². The fourth-order valence-electron chi connectivity index (χ4n) is 2.98. The van der Waals surface area contributed by atoms with Crippen molar-refractivity contribution in [2.45, 2.75) is 31.4 Å². The van der Waals surface area contributed by atoms with Crippen LogP contribution in [-0.4, -0.2) is 31.3 Å². The van der Waals surface area contributed by atoms with Gasteiger partial charge in [0.25, 0.3) is 0 Å². The number of rotatable bonds is 2. The Morgan fingerprint density at radius 3 is 2.61 bits per heavy atom. The summed E-state index contributed by atoms with van der Waals surface area (Å²) in [6, 6.07) is 8.46. The van der Waals surface area contributed by atoms with Gasteiger partial charge >= 0.3 is 0 Å². The average Bonchev–Trinajstić information content (AvgIpc) is 2.66. The van der Waals surface area contributed by atoms with Gasteiger partial charge in [-0.15, -0.1) is 0 Å². The van der Waals surface area contributed by atoms with E-state index in [9.17, 15) is 0 Å². The number of hydrogen-bond acceptors (Lipinski definition) is 4. The van der Waals surface area contributed by atoms with Gasteiger partial charge in [0, 0.05) is 12.8 Å². The smallest absolute Gasteiger partial charge is 0.196 e. The Morgan fingerprint density at radius 1 is 1.33 bits per heavy atom. The molecule has 1 fully saturated rings. The highest BCUT2D eigenvalue weighted by molar-refractivity contribution is 5.98. The van der Waals surface area contributed by atoms with E-state index >= 15 is 0 Å². The van der Waals surface area contributed by atoms with E-state index in [4.69, 9.17) is 10.5 Å². The third kappa shape index (κ3) is 1.60. The lowest BCUT2D eigenvalue weighted by Crippen LogP contribution is -2.61. The minimum Gasteiger partial charge on any atom is -0.381 e. The lowest BCUT2D eigenvalue weighted by molar-refractivity contribution is -0.00653. The first kappa shape index (κ1) is 11.5. The normalized spacial score (nSPS) is 30.4. The summed E-state index contributed by atoms with van der Waals surface area (Å²) >= 11 is 0. The van der Waals surface area contributed by atoms with Crippen molar-refractivity contribution in [1.82, 2.24) is 0 Å². The van der Waals surface area contributed by atoms with Crippen LogP contribution in [0.25, 0.3) is 0 Å². The standard InChI is InChI=1S/C14H19N3O/c1-10-3-5-11(6-4-10)17-13(15)16-9-14(17)7-12(8-14)18-2/h3-6,12H,7-9H2,1-2H3,(H2,15,16). The second kappa shape index (κ2) is 3.99. The van der Waals surface area contributed by atoms with Gasteiger partial charge < -0.3 is 15.4 Å². The maximum absolute atomic E-state index is 6.06. The molecule has 0 atom stereocenters. The topological polar surface area (TPSA) is 50.9 Å². The summed E-state index contributed by atoms with van der Waals surface area (Å²) in [6.45, 7) is 2.87. The van der Waals surface area contributed by atoms with Gasteiger partial charge in [-0.2, -0.15) is 0 Å². The summed E-state index contributed by atoms with van der Waals surface area (Å²) in [5.74, 6) is 0.633. The van der Waals surface area contributed by atoms with Gasteiger partial charge in [-0.05, 0) is 31.9 Å². The predicted molar refractivity (Wildman–Crippen MR) is 72.9 cm³/mol. The maximum Gasteiger partial charge on any atom is 0.196 e. The number of aliphatic imine (C=N–C) groups is 1. The van der Waals surface area contributed by atoms with Crippen LogP contribution in [0, 0.1) is 6.92 Å². The highest BCUT2D eigenvalue weighted by Crippen LogP contribution is 2.44. The second-order valence-electron chi connectivity index (χ2n) is 5.34. The Morgan fingerprint density at radius 2 is 2.00 bits per heavy atom. The number of ether oxygens (including phenoxy) is 1. The van der Waals surface area contributed by atoms with Crippen LogP contribution >= 0.6 is 0 Å². The fourth-order valence-corrected chi connectivity index (χ4v) is 2.98. The summed E-state index contributed by atoms with van der Waals surface area (Å²) in [7, 11) is 1.77. The van der Waals surface area contributed by atoms with Gasteiger partial charge in [0.1, 0.15) is 0 Å². The van der Waals surface area contributed by atoms with Crippen LogP contribution in [-0.2, 0) is 4.74 Å². The van der Waals surface area contributed by atoms with Gasteiger partial charge in [0.15, 0.2) is 5.96 Å². The lowest BCUT2D eigenvalue weighted by Gasteiger charge is -2.50. The second-order valence-corrected chi connectivity index (χ2v) is 5.34. The molecule has 1 aromatic carbocycles. The number of benzene rings is 1. The van der Waals surface area contributed by atoms with Crippen LogP contribution < -0.4 is 10.6 Å². The van der Waals surface area contributed by atoms with E-state index in [1.165, 1.54) is 5.56 Å². The first-order valence-electron chi connectivity index (χ1n) is 6.34. The molecule has 4 nitrogen and oxygen atoms in total. The molecule has 1 saturated carbocycles. The van der Waals surface area contributed by atoms with Crippen molar-refractivity contribution in [3.63, 3.8) is 0 Å². The van der Waals surface area contributed by atoms with Crippen molar-refractivity contribution < 1.29 is 4.74 Å². The Hall–Kier alpha value is -1.55. The quantitative estimate of drug-likeness (QED) is 0.862. The minimum absolute atomic E-state index is 0.0556. The summed E-state index contributed by atoms with van der Waals surface area (Å²) < 4.78 is 5.39. The summed E-state index contributed by atoms with van der Waals surface area (Å²) in [6.07, 6.45) is 2.35. The van der Waals surface area contributed by atoms with Crippen molar-refractivity contribution >= 4 is 11.6 Å². The minimum atomic E-state index is 0.0556. The average molecular weight is 245 g/mol. The molecule has 0 bridgehead atoms. The zero-order chi connectivity index (χ0) is 12.8. The molecule has 1 spiro atoms. The van der Waals surface area contributed by atoms with E-state index in [0.29, 0.717) is 12.1 Å². The summed E-state index contributed by atoms with van der Waals surface area (Å²) in [5.41, 5.74) is 8.50. The Labute approximate surface area is 107 Å². The molecule has 0 saturated heterocycles. The number of aryl methyl sites for hydroxylation is 1. The number of nitrogens with zero attached hydrogens (tertiary/aromatic N) is 2. The van der Waals surface area contributed by atoms with Crippen molar-refractivity contribution in [3.8, 4) is 0 Å².